The zero-order chi connectivity index (χ0) is 36.8. The lowest BCUT2D eigenvalue weighted by molar-refractivity contribution is -0.315. The fraction of sp³-hybridized carbons (Fsp3) is 0.889. The summed E-state index contributed by atoms with van der Waals surface area (Å²) in [4.78, 5) is 27.9. The molecule has 0 radical (unpaired) electrons. The molecule has 282 valence electrons. The molecule has 0 aromatic rings. The van der Waals surface area contributed by atoms with Crippen LogP contribution in [0.3, 0.4) is 0 Å². The van der Waals surface area contributed by atoms with Gasteiger partial charge in [0.1, 0.15) is 24.1 Å². The number of aliphatic hydroxyl groups excluding tert-OH is 2. The number of esters is 1. The highest BCUT2D eigenvalue weighted by Gasteiger charge is 2.56. The van der Waals surface area contributed by atoms with E-state index in [2.05, 4.69) is 5.32 Å². The van der Waals surface area contributed by atoms with E-state index >= 15 is 0 Å². The Labute approximate surface area is 291 Å². The first-order valence-electron chi connectivity index (χ1n) is 17.8. The normalized spacial score (nSPS) is 48.7. The van der Waals surface area contributed by atoms with Gasteiger partial charge in [-0.1, -0.05) is 20.8 Å². The molecule has 0 spiro atoms. The molecular formula is C36H61NO12. The van der Waals surface area contributed by atoms with Crippen molar-refractivity contribution in [2.75, 3.05) is 14.2 Å². The van der Waals surface area contributed by atoms with Crippen LogP contribution in [0, 0.1) is 17.8 Å². The number of Topliss-reactive ketones (excluding diaryl/α,β-unsaturated/α-hetero) is 1. The van der Waals surface area contributed by atoms with Gasteiger partial charge in [0.2, 0.25) is 11.4 Å². The predicted octanol–water partition coefficient (Wildman–Crippen LogP) is 2.76. The van der Waals surface area contributed by atoms with Crippen LogP contribution < -0.4 is 5.32 Å². The van der Waals surface area contributed by atoms with Crippen molar-refractivity contribution in [2.45, 2.75) is 173 Å². The molecule has 0 amide bonds. The molecule has 0 unspecified atom stereocenters. The summed E-state index contributed by atoms with van der Waals surface area (Å²) >= 11 is 0. The molecule has 4 rings (SSSR count). The van der Waals surface area contributed by atoms with Crippen LogP contribution in [-0.4, -0.2) is 119 Å². The van der Waals surface area contributed by atoms with E-state index in [4.69, 9.17) is 33.2 Å². The van der Waals surface area contributed by atoms with Crippen LogP contribution in [0.4, 0.5) is 0 Å². The second kappa shape index (κ2) is 15.1. The Morgan fingerprint density at radius 3 is 2.24 bits per heavy atom. The Bertz CT molecular complexity index is 1230. The molecule has 49 heavy (non-hydrogen) atoms. The quantitative estimate of drug-likeness (QED) is 0.286. The van der Waals surface area contributed by atoms with Crippen molar-refractivity contribution < 1.29 is 58.1 Å². The minimum Gasteiger partial charge on any atom is -0.479 e. The molecule has 4 heterocycles. The summed E-state index contributed by atoms with van der Waals surface area (Å²) in [5.74, 6) is -2.62. The Kier molecular flexibility index (Phi) is 12.4. The average Bonchev–Trinajstić information content (AvgIpc) is 3.28. The van der Waals surface area contributed by atoms with E-state index in [-0.39, 0.29) is 30.8 Å². The SMILES string of the molecule is CC[C@@H]1OC(=O)[C@H](C)[C@H](O[C@@H]2C[C@@](C)(OC)[C@@H](O)[C@H](C)O2)[C@H](C)[C@H](O[C@H]2O[C@H](C)C[C@@H](NC)[C@@H]2O)[C@@](C)(O)C[C@H](C)C2=C(C)C(=O)[C@@]1(C)O2. The van der Waals surface area contributed by atoms with Crippen LogP contribution >= 0.6 is 0 Å². The number of hydrogen-bond donors (Lipinski definition) is 4. The van der Waals surface area contributed by atoms with Gasteiger partial charge in [0.15, 0.2) is 12.6 Å². The highest BCUT2D eigenvalue weighted by molar-refractivity contribution is 6.04. The van der Waals surface area contributed by atoms with E-state index in [1.54, 1.807) is 48.6 Å². The van der Waals surface area contributed by atoms with Crippen molar-refractivity contribution in [2.24, 2.45) is 17.8 Å². The molecular weight excluding hydrogens is 638 g/mol. The molecule has 3 fully saturated rings. The van der Waals surface area contributed by atoms with Gasteiger partial charge in [-0.3, -0.25) is 9.59 Å². The first kappa shape index (κ1) is 40.1. The van der Waals surface area contributed by atoms with E-state index in [0.717, 1.165) is 0 Å². The molecule has 13 heteroatoms. The zero-order valence-corrected chi connectivity index (χ0v) is 31.3. The van der Waals surface area contributed by atoms with Gasteiger partial charge in [-0.15, -0.1) is 0 Å². The lowest BCUT2D eigenvalue weighted by atomic mass is 9.77. The Morgan fingerprint density at radius 1 is 1.00 bits per heavy atom. The Morgan fingerprint density at radius 2 is 1.65 bits per heavy atom. The fourth-order valence-electron chi connectivity index (χ4n) is 8.39. The molecule has 2 bridgehead atoms. The minimum atomic E-state index is -1.63. The summed E-state index contributed by atoms with van der Waals surface area (Å²) in [5, 5.41) is 37.7. The van der Waals surface area contributed by atoms with E-state index < -0.39 is 89.7 Å². The number of allylic oxidation sites excluding steroid dienone is 1. The van der Waals surface area contributed by atoms with Crippen LogP contribution in [0.5, 0.6) is 0 Å². The molecule has 0 aliphatic carbocycles. The van der Waals surface area contributed by atoms with Crippen molar-refractivity contribution in [3.63, 3.8) is 0 Å². The largest absolute Gasteiger partial charge is 0.479 e. The fourth-order valence-corrected chi connectivity index (χ4v) is 8.39. The van der Waals surface area contributed by atoms with Crippen LogP contribution in [0.25, 0.3) is 0 Å². The molecule has 4 N–H and O–H groups in total. The van der Waals surface area contributed by atoms with Crippen molar-refractivity contribution in [3.8, 4) is 0 Å². The average molecular weight is 700 g/mol. The maximum absolute atomic E-state index is 14.1. The highest BCUT2D eigenvalue weighted by Crippen LogP contribution is 2.44. The number of rotatable bonds is 7. The molecule has 0 aromatic carbocycles. The lowest BCUT2D eigenvalue weighted by Gasteiger charge is -2.48. The number of carbonyl (C=O) groups excluding carboxylic acids is 2. The standard InChI is InChI=1S/C36H61NO12/c1-13-24-36(10)29(39)19(4)27(49-36)17(2)15-34(8,42)31(48-33-26(38)23(37-11)14-18(3)44-33)20(5)28(21(6)32(41)46-24)47-25-16-35(9,43-12)30(40)22(7)45-25/h17-18,20-26,28,30-31,33,37-38,40,42H,13-16H2,1-12H3/t17-,18+,20-,21+,22-,23+,24-,25+,26-,28+,30-,31-,33+,34-,35+,36-/m0/s1. The van der Waals surface area contributed by atoms with E-state index in [9.17, 15) is 24.9 Å². The first-order valence-corrected chi connectivity index (χ1v) is 17.8. The van der Waals surface area contributed by atoms with E-state index in [1.165, 1.54) is 7.11 Å². The summed E-state index contributed by atoms with van der Waals surface area (Å²) in [5.41, 5.74) is -3.66. The number of likely N-dealkylation sites (N-methyl/N-ethyl adjacent to an activating group) is 1. The van der Waals surface area contributed by atoms with Crippen molar-refractivity contribution >= 4 is 11.8 Å². The molecule has 0 saturated carbocycles. The van der Waals surface area contributed by atoms with Gasteiger partial charge in [0.05, 0.1) is 41.5 Å². The summed E-state index contributed by atoms with van der Waals surface area (Å²) in [6.45, 7) is 17.5. The zero-order valence-electron chi connectivity index (χ0n) is 31.3. The summed E-state index contributed by atoms with van der Waals surface area (Å²) in [6.07, 6.45) is -6.78. The van der Waals surface area contributed by atoms with Gasteiger partial charge in [0.25, 0.3) is 0 Å². The first-order chi connectivity index (χ1) is 22.7. The van der Waals surface area contributed by atoms with Crippen LogP contribution in [-0.2, 0) is 42.7 Å². The van der Waals surface area contributed by atoms with Gasteiger partial charge in [-0.05, 0) is 74.8 Å². The van der Waals surface area contributed by atoms with Gasteiger partial charge in [0, 0.05) is 37.0 Å². The number of hydrogen-bond acceptors (Lipinski definition) is 13. The van der Waals surface area contributed by atoms with Crippen LogP contribution in [0.15, 0.2) is 11.3 Å². The molecule has 16 atom stereocenters. The van der Waals surface area contributed by atoms with Crippen LogP contribution in [0.2, 0.25) is 0 Å². The number of ether oxygens (including phenoxy) is 7. The molecule has 4 aliphatic heterocycles. The number of ketones is 1. The molecule has 3 saturated heterocycles. The van der Waals surface area contributed by atoms with Gasteiger partial charge in [-0.25, -0.2) is 0 Å². The number of aliphatic hydroxyl groups is 3. The summed E-state index contributed by atoms with van der Waals surface area (Å²) < 4.78 is 43.7. The van der Waals surface area contributed by atoms with Gasteiger partial charge >= 0.3 is 5.97 Å². The number of cyclic esters (lactones) is 1. The van der Waals surface area contributed by atoms with Gasteiger partial charge < -0.3 is 53.8 Å². The summed E-state index contributed by atoms with van der Waals surface area (Å²) in [6, 6.07) is -0.326. The van der Waals surface area contributed by atoms with E-state index in [0.29, 0.717) is 24.2 Å². The second-order valence-corrected chi connectivity index (χ2v) is 15.5. The highest BCUT2D eigenvalue weighted by atomic mass is 16.7. The third kappa shape index (κ3) is 7.75. The van der Waals surface area contributed by atoms with Crippen molar-refractivity contribution in [1.82, 2.24) is 5.32 Å². The topological polar surface area (TPSA) is 171 Å². The van der Waals surface area contributed by atoms with Crippen LogP contribution in [0.1, 0.15) is 94.9 Å². The molecule has 4 aliphatic rings. The Hall–Kier alpha value is -1.68. The predicted molar refractivity (Wildman–Crippen MR) is 178 cm³/mol. The second-order valence-electron chi connectivity index (χ2n) is 15.5. The van der Waals surface area contributed by atoms with Crippen molar-refractivity contribution in [3.05, 3.63) is 11.3 Å². The Balaban J connectivity index is 1.82. The maximum atomic E-state index is 14.1. The number of carbonyl (C=O) groups is 2. The maximum Gasteiger partial charge on any atom is 0.311 e. The molecule has 13 nitrogen and oxygen atoms in total. The third-order valence-corrected chi connectivity index (χ3v) is 11.4. The van der Waals surface area contributed by atoms with E-state index in [1.807, 2.05) is 27.7 Å². The lowest BCUT2D eigenvalue weighted by Crippen LogP contribution is -2.60. The molecule has 0 aromatic heterocycles. The monoisotopic (exact) mass is 699 g/mol. The number of nitrogens with one attached hydrogen (secondary N) is 1. The van der Waals surface area contributed by atoms with Crippen molar-refractivity contribution in [1.29, 1.82) is 0 Å². The van der Waals surface area contributed by atoms with Gasteiger partial charge in [-0.2, -0.15) is 0 Å². The summed E-state index contributed by atoms with van der Waals surface area (Å²) in [7, 11) is 3.27. The minimum absolute atomic E-state index is 0.101. The smallest absolute Gasteiger partial charge is 0.311 e. The number of fused-ring (bicyclic) bond motifs is 2. The third-order valence-electron chi connectivity index (χ3n) is 11.4. The number of methoxy groups -OCH3 is 1.